The SMILES string of the molecule is CC1(CN2CCN(c3ccc(Cl)cc3)CC2)Cn2cc([N+](=O)[O-])nc2O1. The van der Waals surface area contributed by atoms with E-state index in [1.807, 2.05) is 31.2 Å². The number of anilines is 1. The zero-order valence-corrected chi connectivity index (χ0v) is 15.2. The van der Waals surface area contributed by atoms with E-state index < -0.39 is 10.5 Å². The molecule has 0 amide bonds. The van der Waals surface area contributed by atoms with Crippen LogP contribution in [0.5, 0.6) is 6.01 Å². The number of imidazole rings is 1. The number of aromatic nitrogens is 2. The summed E-state index contributed by atoms with van der Waals surface area (Å²) in [5.74, 6) is -0.168. The fourth-order valence-corrected chi connectivity index (χ4v) is 3.78. The Kier molecular flexibility index (Phi) is 4.24. The summed E-state index contributed by atoms with van der Waals surface area (Å²) in [6.07, 6.45) is 1.44. The molecule has 138 valence electrons. The summed E-state index contributed by atoms with van der Waals surface area (Å²) in [6, 6.07) is 8.25. The maximum Gasteiger partial charge on any atom is 0.415 e. The molecule has 4 rings (SSSR count). The molecular weight excluding hydrogens is 358 g/mol. The molecule has 3 heterocycles. The highest BCUT2D eigenvalue weighted by atomic mass is 35.5. The van der Waals surface area contributed by atoms with E-state index in [0.29, 0.717) is 12.6 Å². The van der Waals surface area contributed by atoms with Crippen molar-refractivity contribution in [1.82, 2.24) is 14.5 Å². The normalized spacial score (nSPS) is 22.9. The molecule has 1 aromatic carbocycles. The van der Waals surface area contributed by atoms with Crippen LogP contribution in [0.3, 0.4) is 0 Å². The van der Waals surface area contributed by atoms with Crippen LogP contribution >= 0.6 is 11.6 Å². The van der Waals surface area contributed by atoms with Crippen LogP contribution in [0.2, 0.25) is 5.02 Å². The van der Waals surface area contributed by atoms with Crippen molar-refractivity contribution in [3.63, 3.8) is 0 Å². The number of ether oxygens (including phenoxy) is 1. The summed E-state index contributed by atoms with van der Waals surface area (Å²) < 4.78 is 7.65. The Balaban J connectivity index is 1.33. The van der Waals surface area contributed by atoms with Gasteiger partial charge in [-0.1, -0.05) is 11.6 Å². The summed E-state index contributed by atoms with van der Waals surface area (Å²) in [6.45, 7) is 7.11. The Morgan fingerprint density at radius 2 is 1.96 bits per heavy atom. The minimum Gasteiger partial charge on any atom is -0.436 e. The Bertz CT molecular complexity index is 791. The average Bonchev–Trinajstić information content (AvgIpc) is 3.11. The maximum absolute atomic E-state index is 10.8. The molecule has 0 aliphatic carbocycles. The third kappa shape index (κ3) is 3.34. The lowest BCUT2D eigenvalue weighted by Gasteiger charge is -2.39. The molecule has 1 saturated heterocycles. The maximum atomic E-state index is 10.8. The number of benzene rings is 1. The zero-order chi connectivity index (χ0) is 18.3. The van der Waals surface area contributed by atoms with E-state index in [0.717, 1.165) is 37.7 Å². The van der Waals surface area contributed by atoms with Crippen molar-refractivity contribution < 1.29 is 9.66 Å². The van der Waals surface area contributed by atoms with Gasteiger partial charge in [0.2, 0.25) is 0 Å². The van der Waals surface area contributed by atoms with Gasteiger partial charge in [-0.15, -0.1) is 0 Å². The van der Waals surface area contributed by atoms with E-state index in [1.54, 1.807) is 4.57 Å². The summed E-state index contributed by atoms with van der Waals surface area (Å²) in [4.78, 5) is 19.0. The minimum atomic E-state index is -0.498. The van der Waals surface area contributed by atoms with Crippen molar-refractivity contribution >= 4 is 23.1 Å². The third-order valence-electron chi connectivity index (χ3n) is 4.88. The highest BCUT2D eigenvalue weighted by Crippen LogP contribution is 2.31. The number of rotatable bonds is 4. The summed E-state index contributed by atoms with van der Waals surface area (Å²) >= 11 is 5.96. The number of fused-ring (bicyclic) bond motifs is 1. The van der Waals surface area contributed by atoms with Gasteiger partial charge in [-0.25, -0.2) is 0 Å². The smallest absolute Gasteiger partial charge is 0.415 e. The van der Waals surface area contributed by atoms with Gasteiger partial charge >= 0.3 is 11.8 Å². The van der Waals surface area contributed by atoms with Gasteiger partial charge in [-0.05, 0) is 36.1 Å². The third-order valence-corrected chi connectivity index (χ3v) is 5.13. The monoisotopic (exact) mass is 377 g/mol. The number of nitrogens with zero attached hydrogens (tertiary/aromatic N) is 5. The summed E-state index contributed by atoms with van der Waals surface area (Å²) in [7, 11) is 0. The topological polar surface area (TPSA) is 76.7 Å². The standard InChI is InChI=1S/C17H20ClN5O3/c1-17(12-22-10-15(23(24)25)19-16(22)26-17)11-20-6-8-21(9-7-20)14-4-2-13(18)3-5-14/h2-5,10H,6-9,11-12H2,1H3. The predicted molar refractivity (Wildman–Crippen MR) is 98.0 cm³/mol. The molecule has 0 bridgehead atoms. The Hall–Kier alpha value is -2.32. The van der Waals surface area contributed by atoms with Crippen molar-refractivity contribution in [3.8, 4) is 6.01 Å². The first kappa shape index (κ1) is 17.1. The van der Waals surface area contributed by atoms with Gasteiger partial charge in [0.25, 0.3) is 0 Å². The Labute approximate surface area is 156 Å². The molecule has 8 nitrogen and oxygen atoms in total. The molecule has 2 aliphatic rings. The lowest BCUT2D eigenvalue weighted by Crippen LogP contribution is -2.52. The van der Waals surface area contributed by atoms with Crippen LogP contribution in [0.15, 0.2) is 30.5 Å². The highest BCUT2D eigenvalue weighted by molar-refractivity contribution is 6.30. The average molecular weight is 378 g/mol. The van der Waals surface area contributed by atoms with Crippen LogP contribution in [-0.4, -0.2) is 57.7 Å². The Morgan fingerprint density at radius 3 is 2.58 bits per heavy atom. The van der Waals surface area contributed by atoms with E-state index in [4.69, 9.17) is 16.3 Å². The van der Waals surface area contributed by atoms with Gasteiger partial charge in [-0.3, -0.25) is 9.47 Å². The number of nitro groups is 1. The first-order valence-electron chi connectivity index (χ1n) is 8.55. The van der Waals surface area contributed by atoms with Gasteiger partial charge in [0.1, 0.15) is 11.8 Å². The first-order chi connectivity index (χ1) is 12.4. The number of hydrogen-bond donors (Lipinski definition) is 0. The predicted octanol–water partition coefficient (Wildman–Crippen LogP) is 2.42. The molecule has 1 fully saturated rings. The highest BCUT2D eigenvalue weighted by Gasteiger charge is 2.41. The number of halogens is 1. The molecular formula is C17H20ClN5O3. The van der Waals surface area contributed by atoms with Crippen molar-refractivity contribution in [3.05, 3.63) is 45.6 Å². The first-order valence-corrected chi connectivity index (χ1v) is 8.93. The van der Waals surface area contributed by atoms with Gasteiger partial charge in [-0.2, -0.15) is 0 Å². The molecule has 0 spiro atoms. The molecule has 2 aliphatic heterocycles. The molecule has 1 aromatic heterocycles. The van der Waals surface area contributed by atoms with Crippen LogP contribution < -0.4 is 9.64 Å². The molecule has 0 radical (unpaired) electrons. The number of hydrogen-bond acceptors (Lipinski definition) is 6. The van der Waals surface area contributed by atoms with E-state index in [9.17, 15) is 10.1 Å². The fraction of sp³-hybridized carbons (Fsp3) is 0.471. The zero-order valence-electron chi connectivity index (χ0n) is 14.5. The van der Waals surface area contributed by atoms with E-state index in [1.165, 1.54) is 11.9 Å². The van der Waals surface area contributed by atoms with Crippen molar-refractivity contribution in [1.29, 1.82) is 0 Å². The van der Waals surface area contributed by atoms with Gasteiger partial charge in [0.05, 0.1) is 6.54 Å². The van der Waals surface area contributed by atoms with E-state index >= 15 is 0 Å². The second kappa shape index (κ2) is 6.44. The quantitative estimate of drug-likeness (QED) is 0.601. The lowest BCUT2D eigenvalue weighted by molar-refractivity contribution is -0.389. The van der Waals surface area contributed by atoms with Gasteiger partial charge < -0.3 is 19.8 Å². The second-order valence-electron chi connectivity index (χ2n) is 7.06. The fourth-order valence-electron chi connectivity index (χ4n) is 3.65. The summed E-state index contributed by atoms with van der Waals surface area (Å²) in [5, 5.41) is 11.6. The molecule has 1 atom stereocenters. The van der Waals surface area contributed by atoms with Crippen LogP contribution in [0.1, 0.15) is 6.92 Å². The largest absolute Gasteiger partial charge is 0.436 e. The van der Waals surface area contributed by atoms with Crippen molar-refractivity contribution in [2.24, 2.45) is 0 Å². The molecule has 9 heteroatoms. The van der Waals surface area contributed by atoms with Crippen LogP contribution in [0.25, 0.3) is 0 Å². The minimum absolute atomic E-state index is 0.168. The van der Waals surface area contributed by atoms with Crippen molar-refractivity contribution in [2.75, 3.05) is 37.6 Å². The van der Waals surface area contributed by atoms with Gasteiger partial charge in [0.15, 0.2) is 0 Å². The molecule has 2 aromatic rings. The summed E-state index contributed by atoms with van der Waals surface area (Å²) in [5.41, 5.74) is 0.768. The van der Waals surface area contributed by atoms with Crippen molar-refractivity contribution in [2.45, 2.75) is 19.1 Å². The molecule has 26 heavy (non-hydrogen) atoms. The van der Waals surface area contributed by atoms with E-state index in [-0.39, 0.29) is 5.82 Å². The molecule has 0 N–H and O–H groups in total. The Morgan fingerprint density at radius 1 is 1.27 bits per heavy atom. The van der Waals surface area contributed by atoms with Crippen LogP contribution in [0, 0.1) is 10.1 Å². The number of piperazine rings is 1. The molecule has 1 unspecified atom stereocenters. The van der Waals surface area contributed by atoms with Crippen LogP contribution in [-0.2, 0) is 6.54 Å². The second-order valence-corrected chi connectivity index (χ2v) is 7.49. The van der Waals surface area contributed by atoms with Gasteiger partial charge in [0, 0.05) is 48.4 Å². The van der Waals surface area contributed by atoms with Crippen LogP contribution in [0.4, 0.5) is 11.5 Å². The lowest BCUT2D eigenvalue weighted by atomic mass is 10.1. The van der Waals surface area contributed by atoms with E-state index in [2.05, 4.69) is 14.8 Å². The molecule has 0 saturated carbocycles.